The molecule has 0 aromatic carbocycles. The maximum absolute atomic E-state index is 11.7. The molecule has 1 saturated heterocycles. The Morgan fingerprint density at radius 2 is 2.13 bits per heavy atom. The molecule has 0 saturated carbocycles. The predicted octanol–water partition coefficient (Wildman–Crippen LogP) is 2.90. The predicted molar refractivity (Wildman–Crippen MR) is 71.7 cm³/mol. The van der Waals surface area contributed by atoms with E-state index in [2.05, 4.69) is 21.2 Å². The summed E-state index contributed by atoms with van der Waals surface area (Å²) < 4.78 is 5.32. The van der Waals surface area contributed by atoms with Gasteiger partial charge >= 0.3 is 0 Å². The van der Waals surface area contributed by atoms with Crippen LogP contribution in [0.1, 0.15) is 26.7 Å². The molecule has 0 aromatic heterocycles. The van der Waals surface area contributed by atoms with E-state index in [9.17, 15) is 4.79 Å². The highest BCUT2D eigenvalue weighted by Gasteiger charge is 2.24. The third-order valence-electron chi connectivity index (χ3n) is 2.77. The van der Waals surface area contributed by atoms with Crippen molar-refractivity contribution in [3.63, 3.8) is 0 Å². The summed E-state index contributed by atoms with van der Waals surface area (Å²) in [5, 5.41) is 0. The van der Waals surface area contributed by atoms with Gasteiger partial charge in [0.25, 0.3) is 0 Å². The Kier molecular flexibility index (Phi) is 6.30. The number of likely N-dealkylation sites (tertiary alicyclic amines) is 1. The van der Waals surface area contributed by atoms with Crippen molar-refractivity contribution in [3.05, 3.63) is 0 Å². The fourth-order valence-corrected chi connectivity index (χ4v) is 2.49. The molecule has 1 amide bonds. The Hall–Kier alpha value is 0.510. The van der Waals surface area contributed by atoms with E-state index in [1.165, 1.54) is 9.21 Å². The molecule has 5 heteroatoms. The zero-order valence-electron chi connectivity index (χ0n) is 9.24. The summed E-state index contributed by atoms with van der Waals surface area (Å²) in [6, 6.07) is 0. The summed E-state index contributed by atoms with van der Waals surface area (Å²) in [5.74, 6) is 1.05. The van der Waals surface area contributed by atoms with Crippen LogP contribution in [0.5, 0.6) is 0 Å². The van der Waals surface area contributed by atoms with Crippen molar-refractivity contribution in [2.75, 3.05) is 19.7 Å². The van der Waals surface area contributed by atoms with Crippen LogP contribution in [0.15, 0.2) is 0 Å². The van der Waals surface area contributed by atoms with Crippen LogP contribution in [0.25, 0.3) is 0 Å². The summed E-state index contributed by atoms with van der Waals surface area (Å²) in [6.07, 6.45) is 2.16. The third-order valence-corrected chi connectivity index (χ3v) is 3.76. The van der Waals surface area contributed by atoms with E-state index in [4.69, 9.17) is 4.18 Å². The molecule has 0 radical (unpaired) electrons. The van der Waals surface area contributed by atoms with Crippen molar-refractivity contribution in [1.29, 1.82) is 0 Å². The highest BCUT2D eigenvalue weighted by atomic mass is 127. The van der Waals surface area contributed by atoms with Crippen LogP contribution in [-0.4, -0.2) is 30.5 Å². The van der Waals surface area contributed by atoms with Gasteiger partial charge in [-0.3, -0.25) is 4.79 Å². The average Bonchev–Trinajstić information content (AvgIpc) is 2.26. The standard InChI is InChI=1S/C10H18INO2S/c1-8(2)10(13)12-5-3-9(4-6-12)7-14-15-11/h8-9H,3-7H2,1-2H3. The van der Waals surface area contributed by atoms with E-state index >= 15 is 0 Å². The number of hydrogen-bond donors (Lipinski definition) is 0. The SMILES string of the molecule is CC(C)C(=O)N1CCC(COSI)CC1. The molecule has 1 aliphatic heterocycles. The van der Waals surface area contributed by atoms with Gasteiger partial charge < -0.3 is 9.08 Å². The Morgan fingerprint density at radius 3 is 2.60 bits per heavy atom. The molecule has 1 fully saturated rings. The van der Waals surface area contributed by atoms with Gasteiger partial charge in [0.15, 0.2) is 0 Å². The highest BCUT2D eigenvalue weighted by molar-refractivity contribution is 14.2. The minimum atomic E-state index is 0.128. The lowest BCUT2D eigenvalue weighted by molar-refractivity contribution is -0.136. The molecule has 0 aliphatic carbocycles. The van der Waals surface area contributed by atoms with E-state index in [-0.39, 0.29) is 11.8 Å². The molecule has 0 bridgehead atoms. The van der Waals surface area contributed by atoms with E-state index in [0.717, 1.165) is 32.5 Å². The molecule has 0 unspecified atom stereocenters. The lowest BCUT2D eigenvalue weighted by Gasteiger charge is -2.32. The number of halogens is 1. The number of carbonyl (C=O) groups excluding carboxylic acids is 1. The van der Waals surface area contributed by atoms with Crippen molar-refractivity contribution < 1.29 is 8.98 Å². The topological polar surface area (TPSA) is 29.5 Å². The number of carbonyl (C=O) groups is 1. The van der Waals surface area contributed by atoms with Crippen LogP contribution in [-0.2, 0) is 8.98 Å². The number of amides is 1. The summed E-state index contributed by atoms with van der Waals surface area (Å²) in [6.45, 7) is 6.54. The first-order chi connectivity index (χ1) is 7.15. The van der Waals surface area contributed by atoms with Gasteiger partial charge in [-0.15, -0.1) is 0 Å². The molecule has 1 rings (SSSR count). The fraction of sp³-hybridized carbons (Fsp3) is 0.900. The second kappa shape index (κ2) is 6.96. The monoisotopic (exact) mass is 343 g/mol. The van der Waals surface area contributed by atoms with Gasteiger partial charge in [-0.1, -0.05) is 13.8 Å². The molecular weight excluding hydrogens is 325 g/mol. The zero-order chi connectivity index (χ0) is 11.3. The first-order valence-corrected chi connectivity index (χ1v) is 8.62. The first kappa shape index (κ1) is 13.6. The lowest BCUT2D eigenvalue weighted by Crippen LogP contribution is -2.41. The normalized spacial score (nSPS) is 18.5. The van der Waals surface area contributed by atoms with Gasteiger partial charge in [0.1, 0.15) is 0 Å². The maximum Gasteiger partial charge on any atom is 0.225 e. The largest absolute Gasteiger partial charge is 0.342 e. The molecule has 1 heterocycles. The highest BCUT2D eigenvalue weighted by Crippen LogP contribution is 2.22. The molecule has 0 N–H and O–H groups in total. The minimum absolute atomic E-state index is 0.128. The van der Waals surface area contributed by atoms with Gasteiger partial charge in [-0.05, 0) is 18.8 Å². The molecule has 15 heavy (non-hydrogen) atoms. The summed E-state index contributed by atoms with van der Waals surface area (Å²) in [7, 11) is 1.40. The second-order valence-corrected chi connectivity index (χ2v) is 5.71. The second-order valence-electron chi connectivity index (χ2n) is 4.27. The van der Waals surface area contributed by atoms with Crippen LogP contribution in [0, 0.1) is 11.8 Å². The number of piperidine rings is 1. The van der Waals surface area contributed by atoms with Crippen molar-refractivity contribution in [1.82, 2.24) is 4.90 Å². The molecule has 88 valence electrons. The third kappa shape index (κ3) is 4.48. The van der Waals surface area contributed by atoms with Gasteiger partial charge in [0, 0.05) is 40.2 Å². The smallest absolute Gasteiger partial charge is 0.225 e. The van der Waals surface area contributed by atoms with Crippen molar-refractivity contribution in [3.8, 4) is 0 Å². The van der Waals surface area contributed by atoms with Gasteiger partial charge in [0.2, 0.25) is 5.91 Å². The zero-order valence-corrected chi connectivity index (χ0v) is 12.2. The van der Waals surface area contributed by atoms with Gasteiger partial charge in [0.05, 0.1) is 15.8 Å². The first-order valence-electron chi connectivity index (χ1n) is 5.34. The lowest BCUT2D eigenvalue weighted by atomic mass is 9.97. The molecule has 0 spiro atoms. The van der Waals surface area contributed by atoms with Crippen LogP contribution in [0.2, 0.25) is 0 Å². The summed E-state index contributed by atoms with van der Waals surface area (Å²) >= 11 is 2.14. The van der Waals surface area contributed by atoms with Gasteiger partial charge in [-0.25, -0.2) is 0 Å². The van der Waals surface area contributed by atoms with Crippen LogP contribution in [0.4, 0.5) is 0 Å². The van der Waals surface area contributed by atoms with Crippen LogP contribution in [0.3, 0.4) is 0 Å². The van der Waals surface area contributed by atoms with Crippen molar-refractivity contribution >= 4 is 36.3 Å². The Morgan fingerprint density at radius 1 is 1.53 bits per heavy atom. The van der Waals surface area contributed by atoms with E-state index in [0.29, 0.717) is 5.92 Å². The van der Waals surface area contributed by atoms with Crippen molar-refractivity contribution in [2.45, 2.75) is 26.7 Å². The van der Waals surface area contributed by atoms with Crippen LogP contribution >= 0.6 is 30.4 Å². The Labute approximate surface area is 108 Å². The summed E-state index contributed by atoms with van der Waals surface area (Å²) in [5.41, 5.74) is 0. The van der Waals surface area contributed by atoms with E-state index in [1.807, 2.05) is 18.7 Å². The fourth-order valence-electron chi connectivity index (χ4n) is 1.81. The maximum atomic E-state index is 11.7. The number of rotatable bonds is 4. The Bertz CT molecular complexity index is 206. The Balaban J connectivity index is 2.26. The quantitative estimate of drug-likeness (QED) is 0.581. The van der Waals surface area contributed by atoms with E-state index in [1.54, 1.807) is 0 Å². The van der Waals surface area contributed by atoms with Crippen molar-refractivity contribution in [2.24, 2.45) is 11.8 Å². The number of hydrogen-bond acceptors (Lipinski definition) is 3. The molecule has 0 aromatic rings. The van der Waals surface area contributed by atoms with Gasteiger partial charge in [-0.2, -0.15) is 0 Å². The number of nitrogens with zero attached hydrogens (tertiary/aromatic N) is 1. The van der Waals surface area contributed by atoms with Crippen LogP contribution < -0.4 is 0 Å². The molecule has 3 nitrogen and oxygen atoms in total. The average molecular weight is 343 g/mol. The molecule has 1 aliphatic rings. The summed E-state index contributed by atoms with van der Waals surface area (Å²) in [4.78, 5) is 13.7. The minimum Gasteiger partial charge on any atom is -0.342 e. The molecule has 0 atom stereocenters. The van der Waals surface area contributed by atoms with E-state index < -0.39 is 0 Å². The molecular formula is C10H18INO2S.